The zero-order valence-corrected chi connectivity index (χ0v) is 26.1. The second kappa shape index (κ2) is 11.9. The van der Waals surface area contributed by atoms with E-state index >= 15 is 0 Å². The van der Waals surface area contributed by atoms with Crippen molar-refractivity contribution >= 4 is 11.4 Å². The normalized spacial score (nSPS) is 20.5. The molecular weight excluding hydrogens is 524 g/mol. The summed E-state index contributed by atoms with van der Waals surface area (Å²) in [7, 11) is 0. The van der Waals surface area contributed by atoms with Gasteiger partial charge in [0.05, 0.1) is 24.0 Å². The Morgan fingerprint density at radius 1 is 0.548 bits per heavy atom. The zero-order valence-electron chi connectivity index (χ0n) is 26.1. The van der Waals surface area contributed by atoms with Gasteiger partial charge in [0, 0.05) is 70.5 Å². The number of aromatic nitrogens is 4. The highest BCUT2D eigenvalue weighted by Crippen LogP contribution is 2.47. The van der Waals surface area contributed by atoms with Crippen molar-refractivity contribution in [2.24, 2.45) is 0 Å². The molecular formula is C34H46N6O2. The van der Waals surface area contributed by atoms with Crippen LogP contribution in [0.1, 0.15) is 78.6 Å². The molecule has 0 radical (unpaired) electrons. The first-order chi connectivity index (χ1) is 20.0. The van der Waals surface area contributed by atoms with Gasteiger partial charge in [-0.2, -0.15) is 0 Å². The van der Waals surface area contributed by atoms with Crippen molar-refractivity contribution in [1.29, 1.82) is 0 Å². The highest BCUT2D eigenvalue weighted by Gasteiger charge is 2.52. The molecule has 224 valence electrons. The van der Waals surface area contributed by atoms with Gasteiger partial charge in [-0.05, 0) is 104 Å². The van der Waals surface area contributed by atoms with E-state index in [1.54, 1.807) is 12.4 Å². The van der Waals surface area contributed by atoms with Crippen LogP contribution in [0, 0.1) is 0 Å². The molecule has 0 aliphatic heterocycles. The molecule has 0 spiro atoms. The molecule has 4 aromatic rings. The summed E-state index contributed by atoms with van der Waals surface area (Å²) < 4.78 is 0. The van der Waals surface area contributed by atoms with Gasteiger partial charge in [0.2, 0.25) is 0 Å². The van der Waals surface area contributed by atoms with E-state index in [4.69, 9.17) is 0 Å². The number of aliphatic hydroxyl groups excluding tert-OH is 2. The Bertz CT molecular complexity index is 1320. The molecule has 2 aromatic carbocycles. The summed E-state index contributed by atoms with van der Waals surface area (Å²) in [5.41, 5.74) is 5.73. The fourth-order valence-corrected chi connectivity index (χ4v) is 6.71. The van der Waals surface area contributed by atoms with Crippen molar-refractivity contribution in [3.05, 3.63) is 72.3 Å². The van der Waals surface area contributed by atoms with Gasteiger partial charge >= 0.3 is 0 Å². The Labute approximate surface area is 249 Å². The molecule has 0 unspecified atom stereocenters. The lowest BCUT2D eigenvalue weighted by molar-refractivity contribution is -0.0810. The van der Waals surface area contributed by atoms with E-state index in [0.717, 1.165) is 34.2 Å². The Kier molecular flexibility index (Phi) is 8.49. The Morgan fingerprint density at radius 2 is 0.857 bits per heavy atom. The van der Waals surface area contributed by atoms with E-state index in [0.29, 0.717) is 24.2 Å². The maximum atomic E-state index is 11.1. The van der Waals surface area contributed by atoms with Crippen LogP contribution in [0.25, 0.3) is 22.8 Å². The molecule has 1 aliphatic carbocycles. The van der Waals surface area contributed by atoms with Gasteiger partial charge in [-0.1, -0.05) is 0 Å². The monoisotopic (exact) mass is 570 g/mol. The third kappa shape index (κ3) is 5.57. The maximum Gasteiger partial charge on any atom is 0.137 e. The van der Waals surface area contributed by atoms with Crippen LogP contribution in [0.5, 0.6) is 0 Å². The molecule has 1 aliphatic rings. The minimum absolute atomic E-state index is 0.400. The van der Waals surface area contributed by atoms with E-state index < -0.39 is 24.0 Å². The molecule has 0 bridgehead atoms. The molecule has 4 N–H and O–H groups in total. The highest BCUT2D eigenvalue weighted by atomic mass is 16.3. The van der Waals surface area contributed by atoms with Crippen LogP contribution in [-0.2, 0) is 0 Å². The highest BCUT2D eigenvalue weighted by molar-refractivity contribution is 5.62. The lowest BCUT2D eigenvalue weighted by Gasteiger charge is -2.45. The average Bonchev–Trinajstić information content (AvgIpc) is 3.59. The van der Waals surface area contributed by atoms with Crippen LogP contribution >= 0.6 is 0 Å². The second-order valence-corrected chi connectivity index (χ2v) is 12.7. The van der Waals surface area contributed by atoms with Crippen molar-refractivity contribution < 1.29 is 10.2 Å². The third-order valence-corrected chi connectivity index (χ3v) is 8.48. The van der Waals surface area contributed by atoms with Crippen LogP contribution < -0.4 is 9.80 Å². The number of nitrogens with zero attached hydrogens (tertiary/aromatic N) is 4. The summed E-state index contributed by atoms with van der Waals surface area (Å²) in [5.74, 6) is 0.551. The first-order valence-corrected chi connectivity index (χ1v) is 15.2. The van der Waals surface area contributed by atoms with E-state index in [-0.39, 0.29) is 0 Å². The third-order valence-electron chi connectivity index (χ3n) is 8.48. The SMILES string of the molecule is CC(C)N(c1ccc(-c2ncc(C3C(O)C(c4cnc(-c5ccc(N(C(C)C)C(C)C)cc5)[nH]4)C3O)[nH]2)cc1)C(C)C. The van der Waals surface area contributed by atoms with E-state index in [9.17, 15) is 10.2 Å². The number of hydrogen-bond acceptors (Lipinski definition) is 6. The topological polar surface area (TPSA) is 104 Å². The molecule has 1 saturated carbocycles. The predicted octanol–water partition coefficient (Wildman–Crippen LogP) is 6.32. The van der Waals surface area contributed by atoms with Crippen molar-refractivity contribution in [3.8, 4) is 22.8 Å². The predicted molar refractivity (Wildman–Crippen MR) is 171 cm³/mol. The van der Waals surface area contributed by atoms with E-state index in [1.807, 2.05) is 0 Å². The quantitative estimate of drug-likeness (QED) is 0.178. The van der Waals surface area contributed by atoms with E-state index in [2.05, 4.69) is 134 Å². The van der Waals surface area contributed by atoms with Gasteiger partial charge in [0.1, 0.15) is 11.6 Å². The molecule has 1 fully saturated rings. The molecule has 42 heavy (non-hydrogen) atoms. The molecule has 8 nitrogen and oxygen atoms in total. The van der Waals surface area contributed by atoms with Crippen LogP contribution in [0.4, 0.5) is 11.4 Å². The van der Waals surface area contributed by atoms with Crippen molar-refractivity contribution in [2.45, 2.75) is 104 Å². The first kappa shape index (κ1) is 29.9. The summed E-state index contributed by atoms with van der Waals surface area (Å²) in [4.78, 5) is 20.6. The van der Waals surface area contributed by atoms with Gasteiger partial charge in [0.25, 0.3) is 0 Å². The molecule has 2 aromatic heterocycles. The number of nitrogens with one attached hydrogen (secondary N) is 2. The molecule has 5 rings (SSSR count). The standard InChI is InChI=1S/C34H46N6O2/c1-19(2)39(20(3)4)25-13-9-23(10-14-25)33-35-17-27(37-33)29-31(41)30(32(29)42)28-18-36-34(38-28)24-11-15-26(16-12-24)40(21(5)6)22(7)8/h9-22,29-32,41-42H,1-8H3,(H,35,37)(H,36,38). The van der Waals surface area contributed by atoms with Crippen LogP contribution in [0.2, 0.25) is 0 Å². The number of anilines is 2. The average molecular weight is 571 g/mol. The molecule has 8 heteroatoms. The number of imidazole rings is 2. The molecule has 2 heterocycles. The molecule has 0 amide bonds. The van der Waals surface area contributed by atoms with Gasteiger partial charge in [-0.3, -0.25) is 0 Å². The van der Waals surface area contributed by atoms with Gasteiger partial charge < -0.3 is 30.0 Å². The van der Waals surface area contributed by atoms with Gasteiger partial charge in [-0.15, -0.1) is 0 Å². The Balaban J connectivity index is 1.27. The Morgan fingerprint density at radius 3 is 1.14 bits per heavy atom. The molecule has 0 saturated heterocycles. The second-order valence-electron chi connectivity index (χ2n) is 12.7. The smallest absolute Gasteiger partial charge is 0.137 e. The summed E-state index contributed by atoms with van der Waals surface area (Å²) in [5, 5.41) is 22.3. The summed E-state index contributed by atoms with van der Waals surface area (Å²) in [6, 6.07) is 18.3. The minimum atomic E-state index is -0.761. The largest absolute Gasteiger partial charge is 0.392 e. The number of H-pyrrole nitrogens is 2. The summed E-state index contributed by atoms with van der Waals surface area (Å²) in [6.07, 6.45) is 1.93. The van der Waals surface area contributed by atoms with Crippen molar-refractivity contribution in [3.63, 3.8) is 0 Å². The van der Waals surface area contributed by atoms with Crippen molar-refractivity contribution in [2.75, 3.05) is 9.80 Å². The van der Waals surface area contributed by atoms with Crippen LogP contribution in [0.15, 0.2) is 60.9 Å². The fourth-order valence-electron chi connectivity index (χ4n) is 6.71. The maximum absolute atomic E-state index is 11.1. The lowest BCUT2D eigenvalue weighted by atomic mass is 9.66. The first-order valence-electron chi connectivity index (χ1n) is 15.2. The summed E-state index contributed by atoms with van der Waals surface area (Å²) >= 11 is 0. The summed E-state index contributed by atoms with van der Waals surface area (Å²) in [6.45, 7) is 17.6. The van der Waals surface area contributed by atoms with Crippen molar-refractivity contribution in [1.82, 2.24) is 19.9 Å². The zero-order chi connectivity index (χ0) is 30.3. The molecule has 0 atom stereocenters. The fraction of sp³-hybridized carbons (Fsp3) is 0.471. The van der Waals surface area contributed by atoms with E-state index in [1.165, 1.54) is 11.4 Å². The van der Waals surface area contributed by atoms with Gasteiger partial charge in [0.15, 0.2) is 0 Å². The Hall–Kier alpha value is -3.62. The lowest BCUT2D eigenvalue weighted by Crippen LogP contribution is -2.52. The minimum Gasteiger partial charge on any atom is -0.392 e. The number of hydrogen-bond donors (Lipinski definition) is 4. The number of aromatic amines is 2. The van der Waals surface area contributed by atoms with Crippen LogP contribution in [0.3, 0.4) is 0 Å². The number of benzene rings is 2. The number of aliphatic hydroxyl groups is 2. The van der Waals surface area contributed by atoms with Gasteiger partial charge in [-0.25, -0.2) is 9.97 Å². The number of rotatable bonds is 10. The van der Waals surface area contributed by atoms with Crippen LogP contribution in [-0.4, -0.2) is 66.5 Å².